The summed E-state index contributed by atoms with van der Waals surface area (Å²) < 4.78 is 20.2. The molecule has 2 aliphatic rings. The average Bonchev–Trinajstić information content (AvgIpc) is 2.54. The SMILES string of the molecule is CCOC(=O)O[C@H]1C=C[C@H]2CO[C@@H]1O2. The van der Waals surface area contributed by atoms with E-state index in [1.165, 1.54) is 0 Å². The maximum absolute atomic E-state index is 11.0. The molecule has 14 heavy (non-hydrogen) atoms. The molecule has 3 atom stereocenters. The van der Waals surface area contributed by atoms with Gasteiger partial charge in [-0.15, -0.1) is 0 Å². The third kappa shape index (κ3) is 1.88. The van der Waals surface area contributed by atoms with Crippen molar-refractivity contribution >= 4 is 6.16 Å². The van der Waals surface area contributed by atoms with Crippen molar-refractivity contribution in [3.63, 3.8) is 0 Å². The third-order valence-corrected chi connectivity index (χ3v) is 2.01. The predicted molar refractivity (Wildman–Crippen MR) is 45.6 cm³/mol. The Morgan fingerprint density at radius 1 is 1.57 bits per heavy atom. The number of fused-ring (bicyclic) bond motifs is 2. The minimum absolute atomic E-state index is 0.00189. The quantitative estimate of drug-likeness (QED) is 0.488. The van der Waals surface area contributed by atoms with Crippen LogP contribution in [-0.2, 0) is 18.9 Å². The summed E-state index contributed by atoms with van der Waals surface area (Å²) in [5, 5.41) is 0. The smallest absolute Gasteiger partial charge is 0.435 e. The van der Waals surface area contributed by atoms with E-state index in [-0.39, 0.29) is 6.10 Å². The Morgan fingerprint density at radius 2 is 2.43 bits per heavy atom. The van der Waals surface area contributed by atoms with Gasteiger partial charge in [0.25, 0.3) is 0 Å². The van der Waals surface area contributed by atoms with Gasteiger partial charge in [0, 0.05) is 0 Å². The van der Waals surface area contributed by atoms with Crippen LogP contribution in [0.25, 0.3) is 0 Å². The molecule has 0 aromatic carbocycles. The van der Waals surface area contributed by atoms with Crippen LogP contribution in [0.5, 0.6) is 0 Å². The molecule has 1 fully saturated rings. The Labute approximate surface area is 81.6 Å². The lowest BCUT2D eigenvalue weighted by Gasteiger charge is -2.22. The molecule has 0 aromatic rings. The Balaban J connectivity index is 1.89. The van der Waals surface area contributed by atoms with Crippen molar-refractivity contribution in [1.29, 1.82) is 0 Å². The van der Waals surface area contributed by atoms with Crippen LogP contribution in [0.3, 0.4) is 0 Å². The van der Waals surface area contributed by atoms with E-state index in [1.54, 1.807) is 13.0 Å². The molecule has 0 radical (unpaired) electrons. The molecule has 1 saturated heterocycles. The molecule has 5 heteroatoms. The van der Waals surface area contributed by atoms with Crippen molar-refractivity contribution in [3.05, 3.63) is 12.2 Å². The van der Waals surface area contributed by atoms with E-state index < -0.39 is 18.5 Å². The third-order valence-electron chi connectivity index (χ3n) is 2.01. The molecule has 0 unspecified atom stereocenters. The molecule has 78 valence electrons. The zero-order valence-electron chi connectivity index (χ0n) is 7.84. The number of carbonyl (C=O) groups is 1. The highest BCUT2D eigenvalue weighted by Crippen LogP contribution is 2.23. The second-order valence-corrected chi connectivity index (χ2v) is 3.03. The van der Waals surface area contributed by atoms with Gasteiger partial charge in [-0.1, -0.05) is 6.08 Å². The minimum atomic E-state index is -0.695. The zero-order chi connectivity index (χ0) is 9.97. The van der Waals surface area contributed by atoms with Crippen molar-refractivity contribution in [2.75, 3.05) is 13.2 Å². The zero-order valence-corrected chi connectivity index (χ0v) is 7.84. The first-order valence-corrected chi connectivity index (χ1v) is 4.58. The summed E-state index contributed by atoms with van der Waals surface area (Å²) in [4.78, 5) is 11.0. The van der Waals surface area contributed by atoms with Crippen LogP contribution in [0, 0.1) is 0 Å². The molecule has 0 N–H and O–H groups in total. The van der Waals surface area contributed by atoms with Crippen LogP contribution in [0.4, 0.5) is 4.79 Å². The van der Waals surface area contributed by atoms with Crippen LogP contribution in [-0.4, -0.2) is 37.9 Å². The van der Waals surface area contributed by atoms with Crippen molar-refractivity contribution < 1.29 is 23.7 Å². The molecule has 0 amide bonds. The van der Waals surface area contributed by atoms with E-state index in [1.807, 2.05) is 6.08 Å². The second-order valence-electron chi connectivity index (χ2n) is 3.03. The number of hydrogen-bond donors (Lipinski definition) is 0. The first-order valence-electron chi connectivity index (χ1n) is 4.58. The van der Waals surface area contributed by atoms with Gasteiger partial charge in [-0.05, 0) is 13.0 Å². The van der Waals surface area contributed by atoms with Gasteiger partial charge in [0.1, 0.15) is 6.10 Å². The molecule has 0 aliphatic carbocycles. The summed E-state index contributed by atoms with van der Waals surface area (Å²) in [5.74, 6) is 0. The predicted octanol–water partition coefficient (Wildman–Crippen LogP) is 0.839. The highest BCUT2D eigenvalue weighted by Gasteiger charge is 2.36. The molecule has 2 bridgehead atoms. The molecule has 0 aromatic heterocycles. The van der Waals surface area contributed by atoms with Crippen LogP contribution >= 0.6 is 0 Å². The monoisotopic (exact) mass is 200 g/mol. The maximum atomic E-state index is 11.0. The largest absolute Gasteiger partial charge is 0.509 e. The lowest BCUT2D eigenvalue weighted by atomic mass is 10.2. The number of rotatable bonds is 2. The Hall–Kier alpha value is -1.07. The van der Waals surface area contributed by atoms with Gasteiger partial charge in [0.15, 0.2) is 12.4 Å². The summed E-state index contributed by atoms with van der Waals surface area (Å²) in [7, 11) is 0. The van der Waals surface area contributed by atoms with E-state index >= 15 is 0 Å². The first kappa shape index (κ1) is 9.48. The molecular formula is C9H12O5. The van der Waals surface area contributed by atoms with Gasteiger partial charge >= 0.3 is 6.16 Å². The summed E-state index contributed by atoms with van der Waals surface area (Å²) >= 11 is 0. The number of hydrogen-bond acceptors (Lipinski definition) is 5. The Bertz CT molecular complexity index is 250. The van der Waals surface area contributed by atoms with E-state index in [0.717, 1.165) is 0 Å². The van der Waals surface area contributed by atoms with E-state index in [9.17, 15) is 4.79 Å². The fraction of sp³-hybridized carbons (Fsp3) is 0.667. The summed E-state index contributed by atoms with van der Waals surface area (Å²) in [6.07, 6.45) is 1.93. The van der Waals surface area contributed by atoms with Gasteiger partial charge in [-0.2, -0.15) is 0 Å². The summed E-state index contributed by atoms with van der Waals surface area (Å²) in [5.41, 5.74) is 0. The van der Waals surface area contributed by atoms with Crippen molar-refractivity contribution in [3.8, 4) is 0 Å². The Kier molecular flexibility index (Phi) is 2.69. The first-order chi connectivity index (χ1) is 6.79. The normalized spacial score (nSPS) is 34.2. The number of ether oxygens (including phenoxy) is 4. The van der Waals surface area contributed by atoms with Crippen LogP contribution in [0.1, 0.15) is 6.92 Å². The average molecular weight is 200 g/mol. The molecule has 2 heterocycles. The molecule has 0 spiro atoms. The Morgan fingerprint density at radius 3 is 3.21 bits per heavy atom. The fourth-order valence-electron chi connectivity index (χ4n) is 1.40. The molecular weight excluding hydrogens is 188 g/mol. The highest BCUT2D eigenvalue weighted by atomic mass is 16.8. The molecule has 5 nitrogen and oxygen atoms in total. The molecule has 2 aliphatic heterocycles. The van der Waals surface area contributed by atoms with Crippen LogP contribution in [0.2, 0.25) is 0 Å². The van der Waals surface area contributed by atoms with Crippen molar-refractivity contribution in [2.24, 2.45) is 0 Å². The van der Waals surface area contributed by atoms with Gasteiger partial charge < -0.3 is 18.9 Å². The van der Waals surface area contributed by atoms with E-state index in [0.29, 0.717) is 13.2 Å². The fourth-order valence-corrected chi connectivity index (χ4v) is 1.40. The van der Waals surface area contributed by atoms with Gasteiger partial charge in [0.05, 0.1) is 13.2 Å². The number of carbonyl (C=O) groups excluding carboxylic acids is 1. The minimum Gasteiger partial charge on any atom is -0.435 e. The van der Waals surface area contributed by atoms with Gasteiger partial charge in [0.2, 0.25) is 0 Å². The van der Waals surface area contributed by atoms with E-state index in [2.05, 4.69) is 4.74 Å². The molecule has 0 saturated carbocycles. The lowest BCUT2D eigenvalue weighted by Crippen LogP contribution is -2.33. The summed E-state index contributed by atoms with van der Waals surface area (Å²) in [6, 6.07) is 0. The van der Waals surface area contributed by atoms with Crippen LogP contribution in [0.15, 0.2) is 12.2 Å². The topological polar surface area (TPSA) is 54.0 Å². The standard InChI is InChI=1S/C9H12O5/c1-2-11-9(10)14-7-4-3-6-5-12-8(7)13-6/h3-4,6-8H,2,5H2,1H3/t6-,7-,8+/m0/s1. The maximum Gasteiger partial charge on any atom is 0.509 e. The second kappa shape index (κ2) is 3.98. The van der Waals surface area contributed by atoms with Gasteiger partial charge in [-0.3, -0.25) is 0 Å². The van der Waals surface area contributed by atoms with E-state index in [4.69, 9.17) is 14.2 Å². The molecule has 2 rings (SSSR count). The van der Waals surface area contributed by atoms with Crippen molar-refractivity contribution in [2.45, 2.75) is 25.4 Å². The lowest BCUT2D eigenvalue weighted by molar-refractivity contribution is -0.125. The summed E-state index contributed by atoms with van der Waals surface area (Å²) in [6.45, 7) is 2.53. The van der Waals surface area contributed by atoms with Crippen LogP contribution < -0.4 is 0 Å². The van der Waals surface area contributed by atoms with Gasteiger partial charge in [-0.25, -0.2) is 4.79 Å². The highest BCUT2D eigenvalue weighted by molar-refractivity contribution is 5.60. The van der Waals surface area contributed by atoms with Crippen molar-refractivity contribution in [1.82, 2.24) is 0 Å².